The minimum atomic E-state index is -3.59. The van der Waals surface area contributed by atoms with Crippen molar-refractivity contribution in [3.8, 4) is 5.75 Å². The van der Waals surface area contributed by atoms with Crippen LogP contribution < -0.4 is 4.74 Å². The van der Waals surface area contributed by atoms with Gasteiger partial charge in [-0.05, 0) is 12.5 Å². The van der Waals surface area contributed by atoms with Gasteiger partial charge in [0, 0.05) is 28.7 Å². The van der Waals surface area contributed by atoms with E-state index in [9.17, 15) is 18.5 Å². The molecule has 0 saturated carbocycles. The fourth-order valence-electron chi connectivity index (χ4n) is 1.50. The van der Waals surface area contributed by atoms with Gasteiger partial charge in [-0.25, -0.2) is 8.42 Å². The molecule has 9 heteroatoms. The molecule has 112 valence electrons. The number of nitro benzene ring substituents is 1. The highest BCUT2D eigenvalue weighted by Gasteiger charge is 2.17. The maximum atomic E-state index is 11.0. The smallest absolute Gasteiger partial charge is 0.288 e. The van der Waals surface area contributed by atoms with E-state index >= 15 is 0 Å². The van der Waals surface area contributed by atoms with Gasteiger partial charge in [0.2, 0.25) is 9.05 Å². The average molecular weight is 342 g/mol. The van der Waals surface area contributed by atoms with Crippen LogP contribution in [0, 0.1) is 16.0 Å². The van der Waals surface area contributed by atoms with E-state index in [0.29, 0.717) is 12.2 Å². The summed E-state index contributed by atoms with van der Waals surface area (Å²) in [5.41, 5.74) is -0.214. The summed E-state index contributed by atoms with van der Waals surface area (Å²) in [5.74, 6) is -0.108. The Morgan fingerprint density at radius 3 is 2.55 bits per heavy atom. The van der Waals surface area contributed by atoms with Crippen molar-refractivity contribution in [2.75, 3.05) is 12.4 Å². The van der Waals surface area contributed by atoms with E-state index in [2.05, 4.69) is 0 Å². The molecule has 0 heterocycles. The molecular weight excluding hydrogens is 329 g/mol. The quantitative estimate of drug-likeness (QED) is 0.431. The van der Waals surface area contributed by atoms with Gasteiger partial charge in [0.15, 0.2) is 0 Å². The molecule has 1 aromatic carbocycles. The summed E-state index contributed by atoms with van der Waals surface area (Å²) in [5, 5.41) is 10.6. The van der Waals surface area contributed by atoms with Crippen LogP contribution in [0.1, 0.15) is 13.3 Å². The molecule has 0 radical (unpaired) electrons. The number of ether oxygens (including phenoxy) is 1. The third kappa shape index (κ3) is 5.52. The normalized spacial score (nSPS) is 12.9. The van der Waals surface area contributed by atoms with E-state index < -0.39 is 14.0 Å². The number of hydrogen-bond donors (Lipinski definition) is 0. The molecule has 0 saturated heterocycles. The maximum absolute atomic E-state index is 11.0. The average Bonchev–Trinajstić information content (AvgIpc) is 2.32. The largest absolute Gasteiger partial charge is 0.493 e. The maximum Gasteiger partial charge on any atom is 0.288 e. The van der Waals surface area contributed by atoms with Crippen LogP contribution in [-0.4, -0.2) is 25.7 Å². The van der Waals surface area contributed by atoms with Gasteiger partial charge in [-0.15, -0.1) is 0 Å². The molecule has 0 aliphatic heterocycles. The van der Waals surface area contributed by atoms with Gasteiger partial charge in [-0.1, -0.05) is 18.5 Å². The third-order valence-electron chi connectivity index (χ3n) is 2.61. The Morgan fingerprint density at radius 1 is 1.45 bits per heavy atom. The monoisotopic (exact) mass is 341 g/mol. The first-order chi connectivity index (χ1) is 9.23. The van der Waals surface area contributed by atoms with Crippen molar-refractivity contribution in [1.29, 1.82) is 0 Å². The van der Waals surface area contributed by atoms with E-state index in [1.807, 2.05) is 6.92 Å². The molecule has 0 aliphatic carbocycles. The molecule has 6 nitrogen and oxygen atoms in total. The molecule has 1 unspecified atom stereocenters. The van der Waals surface area contributed by atoms with Gasteiger partial charge in [0.1, 0.15) is 10.8 Å². The second-order valence-electron chi connectivity index (χ2n) is 4.16. The molecule has 0 N–H and O–H groups in total. The SMILES string of the molecule is CCC(COc1ccc([N+](=O)[O-])c(Cl)c1)CS(=O)(=O)Cl. The van der Waals surface area contributed by atoms with Crippen LogP contribution in [0.4, 0.5) is 5.69 Å². The summed E-state index contributed by atoms with van der Waals surface area (Å²) < 4.78 is 27.4. The Balaban J connectivity index is 2.70. The lowest BCUT2D eigenvalue weighted by atomic mass is 10.1. The molecule has 0 aliphatic rings. The van der Waals surface area contributed by atoms with Gasteiger partial charge in [-0.2, -0.15) is 0 Å². The van der Waals surface area contributed by atoms with Crippen molar-refractivity contribution >= 4 is 37.0 Å². The lowest BCUT2D eigenvalue weighted by molar-refractivity contribution is -0.384. The molecule has 1 aromatic rings. The van der Waals surface area contributed by atoms with Crippen LogP contribution >= 0.6 is 22.3 Å². The zero-order valence-corrected chi connectivity index (χ0v) is 12.9. The summed E-state index contributed by atoms with van der Waals surface area (Å²) in [6.45, 7) is 1.95. The standard InChI is InChI=1S/C11H13Cl2NO5S/c1-2-8(7-20(13,17)18)6-19-9-3-4-11(14(15)16)10(12)5-9/h3-5,8H,2,6-7H2,1H3. The van der Waals surface area contributed by atoms with Crippen LogP contribution in [0.2, 0.25) is 5.02 Å². The first-order valence-electron chi connectivity index (χ1n) is 5.72. The Kier molecular flexibility index (Phi) is 6.04. The number of nitrogens with zero attached hydrogens (tertiary/aromatic N) is 1. The van der Waals surface area contributed by atoms with E-state index in [1.54, 1.807) is 0 Å². The first kappa shape index (κ1) is 17.0. The molecular formula is C11H13Cl2NO5S. The van der Waals surface area contributed by atoms with Gasteiger partial charge in [-0.3, -0.25) is 10.1 Å². The Bertz CT molecular complexity index is 590. The highest BCUT2D eigenvalue weighted by Crippen LogP contribution is 2.28. The Labute approximate surface area is 126 Å². The zero-order valence-electron chi connectivity index (χ0n) is 10.6. The van der Waals surface area contributed by atoms with Gasteiger partial charge in [0.25, 0.3) is 5.69 Å². The van der Waals surface area contributed by atoms with E-state index in [1.165, 1.54) is 18.2 Å². The van der Waals surface area contributed by atoms with Gasteiger partial charge in [0.05, 0.1) is 17.3 Å². The molecule has 1 atom stereocenters. The lowest BCUT2D eigenvalue weighted by Gasteiger charge is -2.14. The Hall–Kier alpha value is -1.05. The topological polar surface area (TPSA) is 86.5 Å². The van der Waals surface area contributed by atoms with Crippen LogP contribution in [0.25, 0.3) is 0 Å². The van der Waals surface area contributed by atoms with Gasteiger partial charge < -0.3 is 4.74 Å². The Morgan fingerprint density at radius 2 is 2.10 bits per heavy atom. The fourth-order valence-corrected chi connectivity index (χ4v) is 3.17. The van der Waals surface area contributed by atoms with Crippen molar-refractivity contribution in [1.82, 2.24) is 0 Å². The predicted molar refractivity (Wildman–Crippen MR) is 77.0 cm³/mol. The minimum Gasteiger partial charge on any atom is -0.493 e. The predicted octanol–water partition coefficient (Wildman–Crippen LogP) is 3.22. The van der Waals surface area contributed by atoms with E-state index in [-0.39, 0.29) is 29.0 Å². The zero-order chi connectivity index (χ0) is 15.3. The van der Waals surface area contributed by atoms with Crippen LogP contribution in [0.5, 0.6) is 5.75 Å². The van der Waals surface area contributed by atoms with Crippen molar-refractivity contribution in [3.63, 3.8) is 0 Å². The van der Waals surface area contributed by atoms with Crippen LogP contribution in [0.3, 0.4) is 0 Å². The number of benzene rings is 1. The van der Waals surface area contributed by atoms with E-state index in [0.717, 1.165) is 0 Å². The van der Waals surface area contributed by atoms with Crippen LogP contribution in [0.15, 0.2) is 18.2 Å². The number of rotatable bonds is 7. The summed E-state index contributed by atoms with van der Waals surface area (Å²) in [4.78, 5) is 10.0. The third-order valence-corrected chi connectivity index (χ3v) is 4.16. The summed E-state index contributed by atoms with van der Waals surface area (Å²) in [6.07, 6.45) is 0.576. The second-order valence-corrected chi connectivity index (χ2v) is 7.39. The first-order valence-corrected chi connectivity index (χ1v) is 8.57. The minimum absolute atomic E-state index is 0.0366. The molecule has 1 rings (SSSR count). The molecule has 20 heavy (non-hydrogen) atoms. The molecule has 0 amide bonds. The van der Waals surface area contributed by atoms with Crippen LogP contribution in [-0.2, 0) is 9.05 Å². The number of nitro groups is 1. The van der Waals surface area contributed by atoms with Crippen molar-refractivity contribution in [2.45, 2.75) is 13.3 Å². The van der Waals surface area contributed by atoms with E-state index in [4.69, 9.17) is 27.0 Å². The summed E-state index contributed by atoms with van der Waals surface area (Å²) >= 11 is 5.74. The summed E-state index contributed by atoms with van der Waals surface area (Å²) in [6, 6.07) is 3.96. The molecule has 0 spiro atoms. The van der Waals surface area contributed by atoms with Crippen molar-refractivity contribution in [2.24, 2.45) is 5.92 Å². The number of halogens is 2. The number of hydrogen-bond acceptors (Lipinski definition) is 5. The van der Waals surface area contributed by atoms with Crippen molar-refractivity contribution in [3.05, 3.63) is 33.3 Å². The van der Waals surface area contributed by atoms with Gasteiger partial charge >= 0.3 is 0 Å². The molecule has 0 fully saturated rings. The lowest BCUT2D eigenvalue weighted by Crippen LogP contribution is -2.19. The fraction of sp³-hybridized carbons (Fsp3) is 0.455. The second kappa shape index (κ2) is 7.10. The molecule has 0 aromatic heterocycles. The van der Waals surface area contributed by atoms with Crippen molar-refractivity contribution < 1.29 is 18.1 Å². The highest BCUT2D eigenvalue weighted by atomic mass is 35.7. The highest BCUT2D eigenvalue weighted by molar-refractivity contribution is 8.13. The molecule has 0 bridgehead atoms. The summed E-state index contributed by atoms with van der Waals surface area (Å²) in [7, 11) is 1.60.